The first-order chi connectivity index (χ1) is 8.72. The molecule has 0 fully saturated rings. The summed E-state index contributed by atoms with van der Waals surface area (Å²) in [5, 5.41) is 6.35. The van der Waals surface area contributed by atoms with Crippen LogP contribution in [0.25, 0.3) is 0 Å². The molecule has 4 nitrogen and oxygen atoms in total. The molecule has 0 atom stereocenters. The highest BCUT2D eigenvalue weighted by molar-refractivity contribution is 7.98. The normalized spacial score (nSPS) is 10.2. The first kappa shape index (κ1) is 12.7. The second-order valence-electron chi connectivity index (χ2n) is 3.76. The molecule has 2 N–H and O–H groups in total. The van der Waals surface area contributed by atoms with E-state index in [-0.39, 0.29) is 0 Å². The number of nitrogens with one attached hydrogen (secondary N) is 2. The number of rotatable bonds is 4. The number of benzene rings is 1. The van der Waals surface area contributed by atoms with E-state index in [1.807, 2.05) is 38.2 Å². The fourth-order valence-electron chi connectivity index (χ4n) is 1.65. The molecule has 0 bridgehead atoms. The molecule has 0 unspecified atom stereocenters. The summed E-state index contributed by atoms with van der Waals surface area (Å²) in [6.45, 7) is 1.88. The van der Waals surface area contributed by atoms with Crippen LogP contribution in [0.1, 0.15) is 5.82 Å². The Labute approximate surface area is 111 Å². The van der Waals surface area contributed by atoms with Crippen LogP contribution < -0.4 is 10.6 Å². The summed E-state index contributed by atoms with van der Waals surface area (Å²) in [6.07, 6.45) is 2.06. The lowest BCUT2D eigenvalue weighted by atomic mass is 10.3. The molecule has 0 saturated heterocycles. The van der Waals surface area contributed by atoms with Crippen molar-refractivity contribution in [3.63, 3.8) is 0 Å². The topological polar surface area (TPSA) is 49.8 Å². The van der Waals surface area contributed by atoms with Crippen LogP contribution in [-0.2, 0) is 0 Å². The molecular weight excluding hydrogens is 244 g/mol. The third kappa shape index (κ3) is 2.92. The third-order valence-electron chi connectivity index (χ3n) is 2.46. The second kappa shape index (κ2) is 5.73. The van der Waals surface area contributed by atoms with Crippen molar-refractivity contribution in [1.82, 2.24) is 9.97 Å². The summed E-state index contributed by atoms with van der Waals surface area (Å²) < 4.78 is 0. The van der Waals surface area contributed by atoms with Crippen LogP contribution in [0.15, 0.2) is 35.2 Å². The zero-order valence-corrected chi connectivity index (χ0v) is 11.5. The van der Waals surface area contributed by atoms with E-state index in [9.17, 15) is 0 Å². The van der Waals surface area contributed by atoms with E-state index < -0.39 is 0 Å². The van der Waals surface area contributed by atoms with Crippen LogP contribution in [-0.4, -0.2) is 23.3 Å². The van der Waals surface area contributed by atoms with Gasteiger partial charge in [0, 0.05) is 18.0 Å². The zero-order valence-electron chi connectivity index (χ0n) is 10.7. The molecule has 94 valence electrons. The van der Waals surface area contributed by atoms with Crippen LogP contribution in [0.4, 0.5) is 17.3 Å². The fraction of sp³-hybridized carbons (Fsp3) is 0.231. The second-order valence-corrected chi connectivity index (χ2v) is 4.61. The van der Waals surface area contributed by atoms with Crippen LogP contribution in [0.2, 0.25) is 0 Å². The van der Waals surface area contributed by atoms with Gasteiger partial charge in [-0.15, -0.1) is 11.8 Å². The van der Waals surface area contributed by atoms with Gasteiger partial charge in [0.15, 0.2) is 0 Å². The van der Waals surface area contributed by atoms with E-state index in [4.69, 9.17) is 0 Å². The molecule has 1 aromatic carbocycles. The van der Waals surface area contributed by atoms with E-state index in [0.717, 1.165) is 23.1 Å². The van der Waals surface area contributed by atoms with Gasteiger partial charge in [0.05, 0.1) is 5.69 Å². The first-order valence-electron chi connectivity index (χ1n) is 5.66. The number of thioether (sulfide) groups is 1. The molecular formula is C13H16N4S. The number of nitrogens with zero attached hydrogens (tertiary/aromatic N) is 2. The van der Waals surface area contributed by atoms with Gasteiger partial charge in [0.2, 0.25) is 0 Å². The molecule has 0 amide bonds. The highest BCUT2D eigenvalue weighted by Crippen LogP contribution is 2.27. The van der Waals surface area contributed by atoms with E-state index in [2.05, 4.69) is 32.9 Å². The molecule has 2 aromatic rings. The molecule has 1 heterocycles. The van der Waals surface area contributed by atoms with E-state index in [0.29, 0.717) is 0 Å². The molecule has 0 aliphatic rings. The van der Waals surface area contributed by atoms with Crippen molar-refractivity contribution < 1.29 is 0 Å². The van der Waals surface area contributed by atoms with Gasteiger partial charge in [-0.25, -0.2) is 9.97 Å². The first-order valence-corrected chi connectivity index (χ1v) is 6.89. The van der Waals surface area contributed by atoms with Crippen LogP contribution in [0.5, 0.6) is 0 Å². The lowest BCUT2D eigenvalue weighted by molar-refractivity contribution is 1.05. The Morgan fingerprint density at radius 2 is 1.83 bits per heavy atom. The summed E-state index contributed by atoms with van der Waals surface area (Å²) in [5.74, 6) is 2.35. The van der Waals surface area contributed by atoms with Crippen molar-refractivity contribution in [1.29, 1.82) is 0 Å². The average Bonchev–Trinajstić information content (AvgIpc) is 2.38. The SMILES string of the molecule is CNc1cc(Nc2ccccc2SC)nc(C)n1. The van der Waals surface area contributed by atoms with Gasteiger partial charge in [-0.1, -0.05) is 12.1 Å². The highest BCUT2D eigenvalue weighted by atomic mass is 32.2. The Bertz CT molecular complexity index is 542. The Morgan fingerprint density at radius 1 is 1.11 bits per heavy atom. The Kier molecular flexibility index (Phi) is 4.04. The summed E-state index contributed by atoms with van der Waals surface area (Å²) >= 11 is 1.71. The molecule has 0 saturated carbocycles. The number of hydrogen-bond donors (Lipinski definition) is 2. The van der Waals surface area contributed by atoms with E-state index >= 15 is 0 Å². The van der Waals surface area contributed by atoms with Crippen molar-refractivity contribution in [2.75, 3.05) is 23.9 Å². The van der Waals surface area contributed by atoms with Crippen molar-refractivity contribution in [2.45, 2.75) is 11.8 Å². The van der Waals surface area contributed by atoms with Crippen LogP contribution in [0.3, 0.4) is 0 Å². The fourth-order valence-corrected chi connectivity index (χ4v) is 2.20. The number of para-hydroxylation sites is 1. The monoisotopic (exact) mass is 260 g/mol. The zero-order chi connectivity index (χ0) is 13.0. The maximum Gasteiger partial charge on any atom is 0.136 e. The highest BCUT2D eigenvalue weighted by Gasteiger charge is 2.04. The minimum absolute atomic E-state index is 0.742. The van der Waals surface area contributed by atoms with Crippen molar-refractivity contribution in [3.8, 4) is 0 Å². The van der Waals surface area contributed by atoms with Gasteiger partial charge in [-0.2, -0.15) is 0 Å². The largest absolute Gasteiger partial charge is 0.373 e. The Morgan fingerprint density at radius 3 is 2.56 bits per heavy atom. The van der Waals surface area contributed by atoms with Gasteiger partial charge in [-0.3, -0.25) is 0 Å². The third-order valence-corrected chi connectivity index (χ3v) is 3.26. The molecule has 0 spiro atoms. The Hall–Kier alpha value is -1.75. The van der Waals surface area contributed by atoms with Crippen molar-refractivity contribution in [2.24, 2.45) is 0 Å². The Balaban J connectivity index is 2.30. The molecule has 1 aromatic heterocycles. The maximum absolute atomic E-state index is 4.38. The lowest BCUT2D eigenvalue weighted by Gasteiger charge is -2.11. The minimum Gasteiger partial charge on any atom is -0.373 e. The minimum atomic E-state index is 0.742. The predicted octanol–water partition coefficient (Wildman–Crippen LogP) is 3.29. The van der Waals surface area contributed by atoms with Crippen LogP contribution >= 0.6 is 11.8 Å². The van der Waals surface area contributed by atoms with Gasteiger partial charge < -0.3 is 10.6 Å². The number of aryl methyl sites for hydroxylation is 1. The van der Waals surface area contributed by atoms with E-state index in [1.54, 1.807) is 11.8 Å². The number of aromatic nitrogens is 2. The molecule has 0 radical (unpaired) electrons. The lowest BCUT2D eigenvalue weighted by Crippen LogP contribution is -2.01. The van der Waals surface area contributed by atoms with E-state index in [1.165, 1.54) is 4.90 Å². The number of anilines is 3. The quantitative estimate of drug-likeness (QED) is 0.826. The van der Waals surface area contributed by atoms with Gasteiger partial charge in [0.25, 0.3) is 0 Å². The van der Waals surface area contributed by atoms with Crippen molar-refractivity contribution in [3.05, 3.63) is 36.2 Å². The summed E-state index contributed by atoms with van der Waals surface area (Å²) in [4.78, 5) is 9.84. The maximum atomic E-state index is 4.38. The molecule has 0 aliphatic carbocycles. The molecule has 0 aliphatic heterocycles. The molecule has 2 rings (SSSR count). The summed E-state index contributed by atoms with van der Waals surface area (Å²) in [6, 6.07) is 10.1. The summed E-state index contributed by atoms with van der Waals surface area (Å²) in [7, 11) is 1.85. The van der Waals surface area contributed by atoms with Gasteiger partial charge >= 0.3 is 0 Å². The average molecular weight is 260 g/mol. The molecule has 5 heteroatoms. The molecule has 18 heavy (non-hydrogen) atoms. The number of hydrogen-bond acceptors (Lipinski definition) is 5. The summed E-state index contributed by atoms with van der Waals surface area (Å²) in [5.41, 5.74) is 1.06. The van der Waals surface area contributed by atoms with Crippen LogP contribution in [0, 0.1) is 6.92 Å². The van der Waals surface area contributed by atoms with Gasteiger partial charge in [-0.05, 0) is 25.3 Å². The predicted molar refractivity (Wildman–Crippen MR) is 77.8 cm³/mol. The van der Waals surface area contributed by atoms with Gasteiger partial charge in [0.1, 0.15) is 17.5 Å². The van der Waals surface area contributed by atoms with Crippen molar-refractivity contribution >= 4 is 29.1 Å². The smallest absolute Gasteiger partial charge is 0.136 e. The standard InChI is InChI=1S/C13H16N4S/c1-9-15-12(14-2)8-13(16-9)17-10-6-4-5-7-11(10)18-3/h4-8H,1-3H3,(H2,14,15,16,17).